The van der Waals surface area contributed by atoms with E-state index in [1.54, 1.807) is 17.4 Å². The fourth-order valence-corrected chi connectivity index (χ4v) is 1.76. The predicted octanol–water partition coefficient (Wildman–Crippen LogP) is 0.246. The molecule has 0 amide bonds. The van der Waals surface area contributed by atoms with Gasteiger partial charge in [-0.2, -0.15) is 0 Å². The fraction of sp³-hybridized carbons (Fsp3) is 0.200. The van der Waals surface area contributed by atoms with Crippen molar-refractivity contribution in [3.63, 3.8) is 0 Å². The highest BCUT2D eigenvalue weighted by atomic mass is 79.9. The van der Waals surface area contributed by atoms with Crippen LogP contribution in [0, 0.1) is 0 Å². The highest BCUT2D eigenvalue weighted by Crippen LogP contribution is 2.10. The van der Waals surface area contributed by atoms with E-state index in [0.29, 0.717) is 11.2 Å². The highest BCUT2D eigenvalue weighted by Gasteiger charge is 2.13. The Kier molecular flexibility index (Phi) is 3.56. The van der Waals surface area contributed by atoms with E-state index < -0.39 is 5.97 Å². The van der Waals surface area contributed by atoms with E-state index >= 15 is 0 Å². The van der Waals surface area contributed by atoms with E-state index in [1.165, 1.54) is 18.0 Å². The first-order chi connectivity index (χ1) is 8.61. The molecule has 0 bridgehead atoms. The van der Waals surface area contributed by atoms with Crippen molar-refractivity contribution in [3.8, 4) is 0 Å². The summed E-state index contributed by atoms with van der Waals surface area (Å²) < 4.78 is 6.40. The number of esters is 1. The van der Waals surface area contributed by atoms with Crippen LogP contribution in [-0.2, 0) is 4.74 Å². The number of carbonyl (C=O) groups is 1. The van der Waals surface area contributed by atoms with Crippen molar-refractivity contribution < 1.29 is 9.53 Å². The Morgan fingerprint density at radius 2 is 2.33 bits per heavy atom. The van der Waals surface area contributed by atoms with E-state index in [-0.39, 0.29) is 11.3 Å². The molecule has 0 aromatic carbocycles. The molecule has 94 valence electrons. The number of carbonyl (C=O) groups excluding carboxylic acids is 1. The van der Waals surface area contributed by atoms with Gasteiger partial charge in [0.05, 0.1) is 32.2 Å². The summed E-state index contributed by atoms with van der Waals surface area (Å²) in [5.74, 6) is -0.600. The van der Waals surface area contributed by atoms with Crippen molar-refractivity contribution in [2.75, 3.05) is 18.7 Å². The van der Waals surface area contributed by atoms with E-state index in [0.717, 1.165) is 6.20 Å². The molecule has 2 rings (SSSR count). The Balaban J connectivity index is 2.41. The van der Waals surface area contributed by atoms with E-state index in [9.17, 15) is 9.59 Å². The molecule has 7 nitrogen and oxygen atoms in total. The van der Waals surface area contributed by atoms with Crippen molar-refractivity contribution >= 4 is 28.1 Å². The molecule has 0 aliphatic carbocycles. The third-order valence-electron chi connectivity index (χ3n) is 2.19. The Morgan fingerprint density at radius 1 is 1.56 bits per heavy atom. The molecule has 18 heavy (non-hydrogen) atoms. The van der Waals surface area contributed by atoms with Crippen LogP contribution in [0.4, 0.5) is 0 Å². The summed E-state index contributed by atoms with van der Waals surface area (Å²) >= 11 is 3.21. The minimum atomic E-state index is -0.600. The molecule has 1 aromatic heterocycles. The number of methoxy groups -OCH3 is 1. The third-order valence-corrected chi connectivity index (χ3v) is 2.60. The minimum Gasteiger partial charge on any atom is -0.464 e. The maximum absolute atomic E-state index is 11.7. The van der Waals surface area contributed by atoms with Gasteiger partial charge in [-0.25, -0.2) is 14.5 Å². The second-order valence-corrected chi connectivity index (χ2v) is 4.14. The lowest BCUT2D eigenvalue weighted by atomic mass is 10.4. The van der Waals surface area contributed by atoms with Crippen molar-refractivity contribution in [2.45, 2.75) is 0 Å². The van der Waals surface area contributed by atoms with Gasteiger partial charge < -0.3 is 4.74 Å². The highest BCUT2D eigenvalue weighted by molar-refractivity contribution is 9.11. The fourth-order valence-electron chi connectivity index (χ4n) is 1.38. The smallest absolute Gasteiger partial charge is 0.358 e. The van der Waals surface area contributed by atoms with Crippen LogP contribution in [0.15, 0.2) is 33.0 Å². The molecule has 1 aromatic rings. The second kappa shape index (κ2) is 5.13. The summed E-state index contributed by atoms with van der Waals surface area (Å²) in [6, 6.07) is 0. The number of hydrogen-bond donors (Lipinski definition) is 0. The first-order valence-electron chi connectivity index (χ1n) is 4.95. The van der Waals surface area contributed by atoms with Gasteiger partial charge in [0.15, 0.2) is 5.69 Å². The summed E-state index contributed by atoms with van der Waals surface area (Å²) in [5.41, 5.74) is -0.293. The Labute approximate surface area is 111 Å². The number of nitrogens with zero attached hydrogens (tertiary/aromatic N) is 4. The van der Waals surface area contributed by atoms with Gasteiger partial charge in [-0.1, -0.05) is 0 Å². The standard InChI is InChI=1S/C10H9BrN4O3/c1-18-10(17)7-5-15(9(16)4-13-7)14-3-2-12-8(11)6-14/h2,4-6H,3H2,1H3. The maximum atomic E-state index is 11.7. The number of aliphatic imine (C=N–C) groups is 1. The monoisotopic (exact) mass is 312 g/mol. The average molecular weight is 313 g/mol. The van der Waals surface area contributed by atoms with Gasteiger partial charge in [0.1, 0.15) is 4.61 Å². The number of halogens is 1. The van der Waals surface area contributed by atoms with Crippen LogP contribution in [0.3, 0.4) is 0 Å². The topological polar surface area (TPSA) is 76.8 Å². The molecule has 0 N–H and O–H groups in total. The molecular formula is C10H9BrN4O3. The van der Waals surface area contributed by atoms with Crippen LogP contribution in [-0.4, -0.2) is 35.5 Å². The zero-order valence-electron chi connectivity index (χ0n) is 9.41. The first kappa shape index (κ1) is 12.5. The zero-order chi connectivity index (χ0) is 13.1. The Morgan fingerprint density at radius 3 is 3.00 bits per heavy atom. The lowest BCUT2D eigenvalue weighted by Crippen LogP contribution is -2.41. The summed E-state index contributed by atoms with van der Waals surface area (Å²) in [6.07, 6.45) is 5.65. The SMILES string of the molecule is COC(=O)c1cn(N2C=C(Br)N=CC2)c(=O)cn1. The average Bonchev–Trinajstić information content (AvgIpc) is 2.38. The van der Waals surface area contributed by atoms with Crippen molar-refractivity contribution in [3.05, 3.63) is 39.2 Å². The number of ether oxygens (including phenoxy) is 1. The van der Waals surface area contributed by atoms with Crippen molar-refractivity contribution in [2.24, 2.45) is 4.99 Å². The van der Waals surface area contributed by atoms with Crippen LogP contribution in [0.5, 0.6) is 0 Å². The molecule has 0 atom stereocenters. The largest absolute Gasteiger partial charge is 0.464 e. The van der Waals surface area contributed by atoms with Gasteiger partial charge in [0.25, 0.3) is 5.56 Å². The Bertz CT molecular complexity index is 593. The van der Waals surface area contributed by atoms with Gasteiger partial charge in [0, 0.05) is 6.21 Å². The van der Waals surface area contributed by atoms with Crippen LogP contribution in [0.2, 0.25) is 0 Å². The van der Waals surface area contributed by atoms with Gasteiger partial charge in [0.2, 0.25) is 0 Å². The molecule has 8 heteroatoms. The van der Waals surface area contributed by atoms with Crippen LogP contribution in [0.1, 0.15) is 10.5 Å². The minimum absolute atomic E-state index is 0.0594. The van der Waals surface area contributed by atoms with E-state index in [1.807, 2.05) is 0 Å². The summed E-state index contributed by atoms with van der Waals surface area (Å²) in [7, 11) is 1.25. The van der Waals surface area contributed by atoms with E-state index in [2.05, 4.69) is 30.6 Å². The molecule has 0 radical (unpaired) electrons. The molecule has 0 saturated heterocycles. The molecular weight excluding hydrogens is 304 g/mol. The molecule has 0 fully saturated rings. The predicted molar refractivity (Wildman–Crippen MR) is 68.4 cm³/mol. The maximum Gasteiger partial charge on any atom is 0.358 e. The van der Waals surface area contributed by atoms with Gasteiger partial charge in [-0.3, -0.25) is 14.8 Å². The zero-order valence-corrected chi connectivity index (χ0v) is 11.0. The number of hydrogen-bond acceptors (Lipinski definition) is 6. The molecule has 2 heterocycles. The molecule has 1 aliphatic rings. The van der Waals surface area contributed by atoms with Crippen molar-refractivity contribution in [1.82, 2.24) is 9.66 Å². The van der Waals surface area contributed by atoms with Gasteiger partial charge in [-0.15, -0.1) is 0 Å². The normalized spacial score (nSPS) is 14.3. The lowest BCUT2D eigenvalue weighted by Gasteiger charge is -2.22. The molecule has 1 aliphatic heterocycles. The van der Waals surface area contributed by atoms with Crippen LogP contribution >= 0.6 is 15.9 Å². The summed E-state index contributed by atoms with van der Waals surface area (Å²) in [6.45, 7) is 0.416. The molecule has 0 saturated carbocycles. The Hall–Kier alpha value is -1.96. The van der Waals surface area contributed by atoms with Crippen LogP contribution < -0.4 is 10.6 Å². The van der Waals surface area contributed by atoms with Gasteiger partial charge >= 0.3 is 5.97 Å². The quantitative estimate of drug-likeness (QED) is 0.578. The number of aromatic nitrogens is 2. The third kappa shape index (κ3) is 2.48. The first-order valence-corrected chi connectivity index (χ1v) is 5.75. The summed E-state index contributed by atoms with van der Waals surface area (Å²) in [5, 5.41) is 1.59. The number of rotatable bonds is 2. The molecule has 0 spiro atoms. The summed E-state index contributed by atoms with van der Waals surface area (Å²) in [4.78, 5) is 30.8. The van der Waals surface area contributed by atoms with E-state index in [4.69, 9.17) is 0 Å². The lowest BCUT2D eigenvalue weighted by molar-refractivity contribution is 0.0592. The van der Waals surface area contributed by atoms with Crippen molar-refractivity contribution in [1.29, 1.82) is 0 Å². The second-order valence-electron chi connectivity index (χ2n) is 3.33. The van der Waals surface area contributed by atoms with Crippen LogP contribution in [0.25, 0.3) is 0 Å². The molecule has 0 unspecified atom stereocenters. The van der Waals surface area contributed by atoms with Gasteiger partial charge in [-0.05, 0) is 15.9 Å².